The molecule has 2 aromatic carbocycles. The van der Waals surface area contributed by atoms with Gasteiger partial charge in [-0.25, -0.2) is 9.07 Å². The summed E-state index contributed by atoms with van der Waals surface area (Å²) in [4.78, 5) is 24.8. The van der Waals surface area contributed by atoms with E-state index in [1.807, 2.05) is 13.8 Å². The highest BCUT2D eigenvalue weighted by molar-refractivity contribution is 6.02. The van der Waals surface area contributed by atoms with Crippen LogP contribution in [0.25, 0.3) is 5.69 Å². The fourth-order valence-electron chi connectivity index (χ4n) is 3.41. The quantitative estimate of drug-likeness (QED) is 0.464. The molecule has 0 fully saturated rings. The molecule has 7 nitrogen and oxygen atoms in total. The second-order valence-electron chi connectivity index (χ2n) is 7.27. The molecule has 162 valence electrons. The lowest BCUT2D eigenvalue weighted by molar-refractivity contribution is -0.115. The maximum Gasteiger partial charge on any atom is 0.291 e. The van der Waals surface area contributed by atoms with Crippen LogP contribution >= 0.6 is 0 Å². The van der Waals surface area contributed by atoms with Crippen LogP contribution in [0.3, 0.4) is 0 Å². The number of nitrogens with zero attached hydrogens (tertiary/aromatic N) is 2. The van der Waals surface area contributed by atoms with Gasteiger partial charge in [0.05, 0.1) is 24.1 Å². The molecule has 0 aliphatic carbocycles. The van der Waals surface area contributed by atoms with Gasteiger partial charge in [0.15, 0.2) is 5.76 Å². The lowest BCUT2D eigenvalue weighted by Gasteiger charge is -2.09. The van der Waals surface area contributed by atoms with Crippen LogP contribution in [0.5, 0.6) is 0 Å². The molecule has 8 heteroatoms. The van der Waals surface area contributed by atoms with Gasteiger partial charge in [0.25, 0.3) is 5.91 Å². The molecule has 0 aliphatic heterocycles. The van der Waals surface area contributed by atoms with Gasteiger partial charge in [-0.3, -0.25) is 9.59 Å². The number of aromatic nitrogens is 2. The highest BCUT2D eigenvalue weighted by atomic mass is 19.1. The summed E-state index contributed by atoms with van der Waals surface area (Å²) in [6.45, 7) is 3.71. The van der Waals surface area contributed by atoms with E-state index in [9.17, 15) is 14.0 Å². The van der Waals surface area contributed by atoms with Crippen molar-refractivity contribution >= 4 is 23.2 Å². The summed E-state index contributed by atoms with van der Waals surface area (Å²) in [6, 6.07) is 16.1. The summed E-state index contributed by atoms with van der Waals surface area (Å²) in [7, 11) is 0. The normalized spacial score (nSPS) is 10.7. The Balaban J connectivity index is 1.45. The van der Waals surface area contributed by atoms with Gasteiger partial charge in [0, 0.05) is 22.6 Å². The van der Waals surface area contributed by atoms with E-state index in [2.05, 4.69) is 15.7 Å². The number of furan rings is 1. The van der Waals surface area contributed by atoms with Crippen molar-refractivity contribution in [3.8, 4) is 5.69 Å². The first-order valence-corrected chi connectivity index (χ1v) is 9.96. The molecular formula is C24H21FN4O3. The molecule has 0 unspecified atom stereocenters. The summed E-state index contributed by atoms with van der Waals surface area (Å²) >= 11 is 0. The molecule has 0 aliphatic rings. The zero-order chi connectivity index (χ0) is 22.7. The molecule has 0 radical (unpaired) electrons. The standard InChI is InChI=1S/C24H21FN4O3/c1-15-21(16(2)29(28-15)20-10-8-17(25)9-11-20)14-23(30)26-18-5-3-6-19(13-18)27-24(31)22-7-4-12-32-22/h3-13H,14H2,1-2H3,(H,26,30)(H,27,31). The van der Waals surface area contributed by atoms with E-state index >= 15 is 0 Å². The lowest BCUT2D eigenvalue weighted by atomic mass is 10.1. The molecule has 0 atom stereocenters. The van der Waals surface area contributed by atoms with E-state index in [0.29, 0.717) is 11.4 Å². The van der Waals surface area contributed by atoms with Crippen LogP contribution in [0.15, 0.2) is 71.3 Å². The molecule has 2 aromatic heterocycles. The summed E-state index contributed by atoms with van der Waals surface area (Å²) in [6.07, 6.45) is 1.55. The lowest BCUT2D eigenvalue weighted by Crippen LogP contribution is -2.16. The van der Waals surface area contributed by atoms with E-state index in [1.54, 1.807) is 53.2 Å². The predicted octanol–water partition coefficient (Wildman–Crippen LogP) is 4.65. The van der Waals surface area contributed by atoms with Crippen molar-refractivity contribution in [3.05, 3.63) is 95.5 Å². The Morgan fingerprint density at radius 1 is 1.00 bits per heavy atom. The first-order chi connectivity index (χ1) is 15.4. The Bertz CT molecular complexity index is 1260. The van der Waals surface area contributed by atoms with Gasteiger partial charge >= 0.3 is 0 Å². The summed E-state index contributed by atoms with van der Waals surface area (Å²) in [5, 5.41) is 10.1. The first kappa shape index (κ1) is 21.0. The van der Waals surface area contributed by atoms with Crippen LogP contribution in [0.4, 0.5) is 15.8 Å². The van der Waals surface area contributed by atoms with Crippen LogP contribution in [0.1, 0.15) is 27.5 Å². The summed E-state index contributed by atoms with van der Waals surface area (Å²) < 4.78 is 20.0. The minimum Gasteiger partial charge on any atom is -0.459 e. The van der Waals surface area contributed by atoms with Gasteiger partial charge < -0.3 is 15.1 Å². The number of nitrogens with one attached hydrogen (secondary N) is 2. The molecule has 2 amide bonds. The number of halogens is 1. The molecule has 2 heterocycles. The molecule has 0 saturated carbocycles. The smallest absolute Gasteiger partial charge is 0.291 e. The third-order valence-electron chi connectivity index (χ3n) is 5.00. The number of hydrogen-bond donors (Lipinski definition) is 2. The van der Waals surface area contributed by atoms with E-state index in [1.165, 1.54) is 18.4 Å². The topological polar surface area (TPSA) is 89.2 Å². The monoisotopic (exact) mass is 432 g/mol. The average molecular weight is 432 g/mol. The molecular weight excluding hydrogens is 411 g/mol. The molecule has 32 heavy (non-hydrogen) atoms. The summed E-state index contributed by atoms with van der Waals surface area (Å²) in [5.41, 5.74) is 4.13. The van der Waals surface area contributed by atoms with Crippen molar-refractivity contribution < 1.29 is 18.4 Å². The highest BCUT2D eigenvalue weighted by Crippen LogP contribution is 2.21. The fourth-order valence-corrected chi connectivity index (χ4v) is 3.41. The molecule has 0 bridgehead atoms. The molecule has 4 rings (SSSR count). The van der Waals surface area contributed by atoms with Gasteiger partial charge in [0.2, 0.25) is 5.91 Å². The number of anilines is 2. The van der Waals surface area contributed by atoms with Crippen LogP contribution in [0, 0.1) is 19.7 Å². The van der Waals surface area contributed by atoms with Crippen molar-refractivity contribution in [2.24, 2.45) is 0 Å². The van der Waals surface area contributed by atoms with Crippen LogP contribution in [-0.4, -0.2) is 21.6 Å². The Morgan fingerprint density at radius 2 is 1.72 bits per heavy atom. The van der Waals surface area contributed by atoms with Crippen LogP contribution in [0.2, 0.25) is 0 Å². The zero-order valence-electron chi connectivity index (χ0n) is 17.6. The van der Waals surface area contributed by atoms with E-state index < -0.39 is 0 Å². The third-order valence-corrected chi connectivity index (χ3v) is 5.00. The second kappa shape index (κ2) is 8.89. The molecule has 4 aromatic rings. The van der Waals surface area contributed by atoms with E-state index in [4.69, 9.17) is 4.42 Å². The first-order valence-electron chi connectivity index (χ1n) is 9.96. The third kappa shape index (κ3) is 4.59. The SMILES string of the molecule is Cc1nn(-c2ccc(F)cc2)c(C)c1CC(=O)Nc1cccc(NC(=O)c2ccco2)c1. The highest BCUT2D eigenvalue weighted by Gasteiger charge is 2.16. The van der Waals surface area contributed by atoms with Gasteiger partial charge in [-0.15, -0.1) is 0 Å². The maximum absolute atomic E-state index is 13.2. The number of carbonyl (C=O) groups excluding carboxylic acids is 2. The summed E-state index contributed by atoms with van der Waals surface area (Å²) in [5.74, 6) is -0.719. The van der Waals surface area contributed by atoms with Gasteiger partial charge in [-0.1, -0.05) is 6.07 Å². The predicted molar refractivity (Wildman–Crippen MR) is 118 cm³/mol. The van der Waals surface area contributed by atoms with Gasteiger partial charge in [-0.05, 0) is 68.4 Å². The number of amides is 2. The molecule has 0 spiro atoms. The van der Waals surface area contributed by atoms with Gasteiger partial charge in [0.1, 0.15) is 5.82 Å². The number of rotatable bonds is 6. The fraction of sp³-hybridized carbons (Fsp3) is 0.125. The number of hydrogen-bond acceptors (Lipinski definition) is 4. The zero-order valence-corrected chi connectivity index (χ0v) is 17.6. The Kier molecular flexibility index (Phi) is 5.85. The Morgan fingerprint density at radius 3 is 2.41 bits per heavy atom. The van der Waals surface area contributed by atoms with Crippen molar-refractivity contribution in [2.45, 2.75) is 20.3 Å². The van der Waals surface area contributed by atoms with Crippen molar-refractivity contribution in [2.75, 3.05) is 10.6 Å². The van der Waals surface area contributed by atoms with Crippen molar-refractivity contribution in [3.63, 3.8) is 0 Å². The number of carbonyl (C=O) groups is 2. The van der Waals surface area contributed by atoms with Gasteiger partial charge in [-0.2, -0.15) is 5.10 Å². The van der Waals surface area contributed by atoms with Crippen molar-refractivity contribution in [1.82, 2.24) is 9.78 Å². The number of benzene rings is 2. The Hall–Kier alpha value is -4.20. The number of aryl methyl sites for hydroxylation is 1. The minimum absolute atomic E-state index is 0.127. The van der Waals surface area contributed by atoms with Crippen LogP contribution < -0.4 is 10.6 Å². The van der Waals surface area contributed by atoms with E-state index in [-0.39, 0.29) is 29.8 Å². The second-order valence-corrected chi connectivity index (χ2v) is 7.27. The van der Waals surface area contributed by atoms with Crippen molar-refractivity contribution in [1.29, 1.82) is 0 Å². The maximum atomic E-state index is 13.2. The minimum atomic E-state index is -0.377. The molecule has 2 N–H and O–H groups in total. The van der Waals surface area contributed by atoms with Crippen LogP contribution in [-0.2, 0) is 11.2 Å². The average Bonchev–Trinajstić information content (AvgIpc) is 3.39. The van der Waals surface area contributed by atoms with E-state index in [0.717, 1.165) is 22.6 Å². The largest absolute Gasteiger partial charge is 0.459 e. The molecule has 0 saturated heterocycles. The Labute approximate surface area is 183 Å².